The molecule has 2 N–H and O–H groups in total. The second-order valence-corrected chi connectivity index (χ2v) is 10.2. The van der Waals surface area contributed by atoms with Crippen LogP contribution in [-0.4, -0.2) is 78.6 Å². The van der Waals surface area contributed by atoms with Gasteiger partial charge in [0.15, 0.2) is 5.82 Å². The van der Waals surface area contributed by atoms with Gasteiger partial charge in [-0.25, -0.2) is 9.98 Å². The smallest absolute Gasteiger partial charge is 0.228 e. The van der Waals surface area contributed by atoms with E-state index in [1.165, 1.54) is 12.8 Å². The van der Waals surface area contributed by atoms with Gasteiger partial charge in [-0.2, -0.15) is 10.1 Å². The van der Waals surface area contributed by atoms with Crippen LogP contribution in [-0.2, 0) is 22.4 Å². The van der Waals surface area contributed by atoms with Gasteiger partial charge in [0, 0.05) is 45.4 Å². The van der Waals surface area contributed by atoms with Gasteiger partial charge in [-0.1, -0.05) is 26.0 Å². The second kappa shape index (κ2) is 13.8. The van der Waals surface area contributed by atoms with Crippen LogP contribution in [0.2, 0.25) is 0 Å². The van der Waals surface area contributed by atoms with Crippen LogP contribution in [0.25, 0.3) is 11.0 Å². The zero-order chi connectivity index (χ0) is 26.8. The van der Waals surface area contributed by atoms with E-state index >= 15 is 0 Å². The van der Waals surface area contributed by atoms with Crippen molar-refractivity contribution in [1.82, 2.24) is 25.1 Å². The third kappa shape index (κ3) is 7.61. The van der Waals surface area contributed by atoms with Crippen molar-refractivity contribution in [1.29, 1.82) is 0 Å². The summed E-state index contributed by atoms with van der Waals surface area (Å²) in [6.07, 6.45) is 12.0. The molecule has 1 saturated carbocycles. The molecule has 0 atom stereocenters. The number of nitrogens with zero attached hydrogens (tertiary/aromatic N) is 6. The molecule has 2 aromatic heterocycles. The van der Waals surface area contributed by atoms with Crippen LogP contribution in [0.15, 0.2) is 29.0 Å². The molecule has 208 valence electrons. The molecule has 10 nitrogen and oxygen atoms in total. The molecule has 3 heterocycles. The number of hydrogen-bond acceptors (Lipinski definition) is 9. The maximum atomic E-state index is 6.06. The number of aromatic nitrogens is 4. The molecule has 0 spiro atoms. The summed E-state index contributed by atoms with van der Waals surface area (Å²) in [5, 5.41) is 11.9. The lowest BCUT2D eigenvalue weighted by molar-refractivity contribution is 0.0985. The number of ether oxygens (including phenoxy) is 2. The lowest BCUT2D eigenvalue weighted by Gasteiger charge is -2.27. The van der Waals surface area contributed by atoms with Gasteiger partial charge in [0.05, 0.1) is 32.1 Å². The minimum absolute atomic E-state index is 0.363. The summed E-state index contributed by atoms with van der Waals surface area (Å²) >= 11 is 0. The number of fused-ring (bicyclic) bond motifs is 1. The van der Waals surface area contributed by atoms with Crippen LogP contribution in [0.4, 0.5) is 11.8 Å². The molecule has 0 bridgehead atoms. The minimum Gasteiger partial charge on any atom is -0.380 e. The quantitative estimate of drug-likeness (QED) is 0.205. The Morgan fingerprint density at radius 3 is 2.68 bits per heavy atom. The van der Waals surface area contributed by atoms with E-state index in [2.05, 4.69) is 40.4 Å². The molecule has 1 aliphatic carbocycles. The van der Waals surface area contributed by atoms with E-state index in [4.69, 9.17) is 24.5 Å². The first-order chi connectivity index (χ1) is 18.6. The summed E-state index contributed by atoms with van der Waals surface area (Å²) in [4.78, 5) is 16.9. The summed E-state index contributed by atoms with van der Waals surface area (Å²) in [7, 11) is 0. The molecule has 2 aliphatic rings. The minimum atomic E-state index is 0.363. The normalized spacial score (nSPS) is 17.8. The highest BCUT2D eigenvalue weighted by Crippen LogP contribution is 2.45. The van der Waals surface area contributed by atoms with Gasteiger partial charge in [0.1, 0.15) is 16.9 Å². The highest BCUT2D eigenvalue weighted by molar-refractivity contribution is 5.89. The van der Waals surface area contributed by atoms with Crippen LogP contribution in [0.1, 0.15) is 52.7 Å². The van der Waals surface area contributed by atoms with Crippen molar-refractivity contribution in [3.63, 3.8) is 0 Å². The lowest BCUT2D eigenvalue weighted by Crippen LogP contribution is -2.44. The van der Waals surface area contributed by atoms with Crippen LogP contribution in [0.3, 0.4) is 0 Å². The summed E-state index contributed by atoms with van der Waals surface area (Å²) in [6.45, 7) is 15.1. The Labute approximate surface area is 226 Å². The number of aliphatic imine (C=N–C) groups is 1. The zero-order valence-electron chi connectivity index (χ0n) is 23.5. The van der Waals surface area contributed by atoms with Crippen molar-refractivity contribution < 1.29 is 9.47 Å². The molecule has 10 heteroatoms. The molecular formula is C28H44N8O2. The number of allylic oxidation sites excluding steroid dienone is 3. The van der Waals surface area contributed by atoms with E-state index in [1.54, 1.807) is 6.21 Å². The molecule has 0 amide bonds. The Balaban J connectivity index is 1.72. The Kier molecular flexibility index (Phi) is 10.3. The topological polar surface area (TPSA) is 102 Å². The monoisotopic (exact) mass is 524 g/mol. The molecular weight excluding hydrogens is 480 g/mol. The molecule has 1 saturated heterocycles. The molecule has 38 heavy (non-hydrogen) atoms. The third-order valence-electron chi connectivity index (χ3n) is 6.87. The molecule has 4 rings (SSSR count). The average Bonchev–Trinajstić information content (AvgIpc) is 3.56. The molecule has 2 aromatic rings. The summed E-state index contributed by atoms with van der Waals surface area (Å²) in [6, 6.07) is 0. The number of piperazine rings is 1. The summed E-state index contributed by atoms with van der Waals surface area (Å²) in [5.41, 5.74) is 3.01. The van der Waals surface area contributed by atoms with E-state index in [1.807, 2.05) is 30.7 Å². The highest BCUT2D eigenvalue weighted by Gasteiger charge is 2.37. The zero-order valence-corrected chi connectivity index (χ0v) is 23.5. The van der Waals surface area contributed by atoms with E-state index in [0.717, 1.165) is 55.9 Å². The first-order valence-corrected chi connectivity index (χ1v) is 14.1. The van der Waals surface area contributed by atoms with Crippen molar-refractivity contribution in [2.24, 2.45) is 10.4 Å². The Bertz CT molecular complexity index is 1130. The number of nitrogens with one attached hydrogen (secondary N) is 2. The molecule has 0 radical (unpaired) electrons. The Hall–Kier alpha value is -2.82. The second-order valence-electron chi connectivity index (χ2n) is 10.2. The summed E-state index contributed by atoms with van der Waals surface area (Å²) in [5.74, 6) is 2.12. The fraction of sp³-hybridized carbons (Fsp3) is 0.643. The number of hydrogen-bond donors (Lipinski definition) is 2. The SMILES string of the molecule is C\C=N/C(=C\C=C\CC)Nc1nc(N2CCNCC2)nc2c(CCOCC3(C)CC3)nn(CCOCC)c12. The van der Waals surface area contributed by atoms with E-state index in [0.29, 0.717) is 55.8 Å². The first-order valence-electron chi connectivity index (χ1n) is 14.1. The Morgan fingerprint density at radius 2 is 1.97 bits per heavy atom. The van der Waals surface area contributed by atoms with Crippen molar-refractivity contribution >= 4 is 29.0 Å². The van der Waals surface area contributed by atoms with Gasteiger partial charge in [0.25, 0.3) is 0 Å². The van der Waals surface area contributed by atoms with Crippen molar-refractivity contribution in [2.75, 3.05) is 62.8 Å². The third-order valence-corrected chi connectivity index (χ3v) is 6.87. The predicted molar refractivity (Wildman–Crippen MR) is 154 cm³/mol. The van der Waals surface area contributed by atoms with Crippen molar-refractivity contribution in [2.45, 2.75) is 59.9 Å². The van der Waals surface area contributed by atoms with Gasteiger partial charge in [-0.3, -0.25) is 4.68 Å². The van der Waals surface area contributed by atoms with Crippen molar-refractivity contribution in [3.05, 3.63) is 29.7 Å². The molecule has 1 aliphatic heterocycles. The predicted octanol–water partition coefficient (Wildman–Crippen LogP) is 3.94. The van der Waals surface area contributed by atoms with E-state index < -0.39 is 0 Å². The van der Waals surface area contributed by atoms with Gasteiger partial charge < -0.3 is 25.0 Å². The maximum Gasteiger partial charge on any atom is 0.228 e. The highest BCUT2D eigenvalue weighted by atomic mass is 16.5. The summed E-state index contributed by atoms with van der Waals surface area (Å²) < 4.78 is 13.7. The van der Waals surface area contributed by atoms with Gasteiger partial charge in [-0.05, 0) is 44.6 Å². The number of rotatable bonds is 15. The lowest BCUT2D eigenvalue weighted by atomic mass is 10.2. The molecule has 0 aromatic carbocycles. The van der Waals surface area contributed by atoms with E-state index in [-0.39, 0.29) is 0 Å². The molecule has 2 fully saturated rings. The fourth-order valence-corrected chi connectivity index (χ4v) is 4.37. The maximum absolute atomic E-state index is 6.06. The van der Waals surface area contributed by atoms with Crippen LogP contribution < -0.4 is 15.5 Å². The molecule has 0 unspecified atom stereocenters. The largest absolute Gasteiger partial charge is 0.380 e. The Morgan fingerprint density at radius 1 is 1.16 bits per heavy atom. The van der Waals surface area contributed by atoms with Gasteiger partial charge >= 0.3 is 0 Å². The van der Waals surface area contributed by atoms with Gasteiger partial charge in [-0.15, -0.1) is 0 Å². The number of anilines is 2. The van der Waals surface area contributed by atoms with Crippen LogP contribution in [0.5, 0.6) is 0 Å². The van der Waals surface area contributed by atoms with Crippen LogP contribution >= 0.6 is 0 Å². The average molecular weight is 525 g/mol. The first kappa shape index (κ1) is 28.2. The van der Waals surface area contributed by atoms with E-state index in [9.17, 15) is 0 Å². The fourth-order valence-electron chi connectivity index (χ4n) is 4.37. The standard InChI is InChI=1S/C28H44N8O2/c1-5-8-9-10-23(30-6-2)31-26-25-24(32-27(33-26)35-16-14-29-15-17-35)22(34-36(25)18-20-37-7-3)11-19-38-21-28(4)12-13-28/h6,8-10,29H,5,7,11-21H2,1-4H3,(H,31,32,33)/b9-8+,23-10+,30-6-. The van der Waals surface area contributed by atoms with Crippen LogP contribution in [0, 0.1) is 5.41 Å². The van der Waals surface area contributed by atoms with Crippen molar-refractivity contribution in [3.8, 4) is 0 Å². The van der Waals surface area contributed by atoms with Gasteiger partial charge in [0.2, 0.25) is 5.95 Å².